The van der Waals surface area contributed by atoms with Gasteiger partial charge in [-0.2, -0.15) is 0 Å². The summed E-state index contributed by atoms with van der Waals surface area (Å²) in [5.41, 5.74) is 8.08. The molecular formula is C15H14BrClN2O. The second-order valence-corrected chi connectivity index (χ2v) is 5.84. The molecule has 0 radical (unpaired) electrons. The van der Waals surface area contributed by atoms with Crippen LogP contribution >= 0.6 is 27.5 Å². The average molecular weight is 354 g/mol. The highest BCUT2D eigenvalue weighted by molar-refractivity contribution is 9.10. The fourth-order valence-corrected chi connectivity index (χ4v) is 2.47. The Balaban J connectivity index is 2.31. The standard InChI is InChI=1S/C15H14BrClN2O/c1-9-8-11(17)4-7-13(9)14(15(18)20)19-12-5-2-10(16)3-6-12/h2-8,14,19H,1H3,(H2,18,20). The maximum Gasteiger partial charge on any atom is 0.244 e. The van der Waals surface area contributed by atoms with Gasteiger partial charge in [-0.1, -0.05) is 33.6 Å². The second-order valence-electron chi connectivity index (χ2n) is 4.49. The Morgan fingerprint density at radius 1 is 1.25 bits per heavy atom. The van der Waals surface area contributed by atoms with Crippen LogP contribution in [0.15, 0.2) is 46.9 Å². The third-order valence-corrected chi connectivity index (χ3v) is 3.75. The predicted octanol–water partition coefficient (Wildman–Crippen LogP) is 4.05. The number of hydrogen-bond donors (Lipinski definition) is 2. The smallest absolute Gasteiger partial charge is 0.244 e. The number of anilines is 1. The molecule has 1 atom stereocenters. The summed E-state index contributed by atoms with van der Waals surface area (Å²) >= 11 is 9.31. The minimum absolute atomic E-state index is 0.432. The maximum atomic E-state index is 11.7. The number of nitrogens with one attached hydrogen (secondary N) is 1. The number of hydrogen-bond acceptors (Lipinski definition) is 2. The van der Waals surface area contributed by atoms with Crippen LogP contribution in [0, 0.1) is 6.92 Å². The molecule has 0 saturated heterocycles. The van der Waals surface area contributed by atoms with Crippen molar-refractivity contribution in [2.24, 2.45) is 5.73 Å². The van der Waals surface area contributed by atoms with Crippen LogP contribution in [0.1, 0.15) is 17.2 Å². The lowest BCUT2D eigenvalue weighted by Gasteiger charge is -2.19. The van der Waals surface area contributed by atoms with Gasteiger partial charge >= 0.3 is 0 Å². The number of carbonyl (C=O) groups excluding carboxylic acids is 1. The van der Waals surface area contributed by atoms with Gasteiger partial charge in [-0.25, -0.2) is 0 Å². The molecule has 0 spiro atoms. The van der Waals surface area contributed by atoms with Gasteiger partial charge in [0.2, 0.25) is 5.91 Å². The highest BCUT2D eigenvalue weighted by Gasteiger charge is 2.19. The van der Waals surface area contributed by atoms with Crippen LogP contribution in [0.3, 0.4) is 0 Å². The van der Waals surface area contributed by atoms with Gasteiger partial charge < -0.3 is 11.1 Å². The molecule has 0 aliphatic heterocycles. The van der Waals surface area contributed by atoms with E-state index in [1.807, 2.05) is 43.3 Å². The molecule has 0 saturated carbocycles. The Hall–Kier alpha value is -1.52. The molecule has 20 heavy (non-hydrogen) atoms. The van der Waals surface area contributed by atoms with Crippen molar-refractivity contribution in [1.29, 1.82) is 0 Å². The Morgan fingerprint density at radius 2 is 1.90 bits per heavy atom. The van der Waals surface area contributed by atoms with Crippen LogP contribution in [-0.4, -0.2) is 5.91 Å². The zero-order valence-corrected chi connectivity index (χ0v) is 13.2. The summed E-state index contributed by atoms with van der Waals surface area (Å²) in [5, 5.41) is 3.78. The Morgan fingerprint density at radius 3 is 2.45 bits per heavy atom. The van der Waals surface area contributed by atoms with E-state index in [9.17, 15) is 4.79 Å². The molecule has 0 aromatic heterocycles. The molecule has 0 bridgehead atoms. The third kappa shape index (κ3) is 3.52. The van der Waals surface area contributed by atoms with Crippen LogP contribution in [-0.2, 0) is 4.79 Å². The van der Waals surface area contributed by atoms with Crippen molar-refractivity contribution >= 4 is 39.1 Å². The molecule has 1 unspecified atom stereocenters. The molecule has 0 aliphatic rings. The Labute approximate surface area is 131 Å². The molecule has 2 rings (SSSR count). The van der Waals surface area contributed by atoms with E-state index >= 15 is 0 Å². The van der Waals surface area contributed by atoms with E-state index in [0.29, 0.717) is 5.02 Å². The third-order valence-electron chi connectivity index (χ3n) is 2.98. The maximum absolute atomic E-state index is 11.7. The first-order valence-corrected chi connectivity index (χ1v) is 7.22. The zero-order chi connectivity index (χ0) is 14.7. The van der Waals surface area contributed by atoms with Gasteiger partial charge in [0.05, 0.1) is 0 Å². The first-order valence-electron chi connectivity index (χ1n) is 6.05. The summed E-state index contributed by atoms with van der Waals surface area (Å²) in [7, 11) is 0. The molecule has 2 aromatic rings. The van der Waals surface area contributed by atoms with Crippen LogP contribution in [0.2, 0.25) is 5.02 Å². The van der Waals surface area contributed by atoms with Gasteiger partial charge in [0.25, 0.3) is 0 Å². The number of halogens is 2. The molecule has 104 valence electrons. The van der Waals surface area contributed by atoms with Gasteiger partial charge in [0.15, 0.2) is 0 Å². The van der Waals surface area contributed by atoms with E-state index < -0.39 is 11.9 Å². The van der Waals surface area contributed by atoms with Crippen molar-refractivity contribution in [2.75, 3.05) is 5.32 Å². The van der Waals surface area contributed by atoms with Gasteiger partial charge in [0, 0.05) is 15.2 Å². The van der Waals surface area contributed by atoms with E-state index in [4.69, 9.17) is 17.3 Å². The molecule has 3 N–H and O–H groups in total. The molecule has 5 heteroatoms. The monoisotopic (exact) mass is 352 g/mol. The highest BCUT2D eigenvalue weighted by Crippen LogP contribution is 2.25. The molecule has 1 amide bonds. The highest BCUT2D eigenvalue weighted by atomic mass is 79.9. The molecule has 0 fully saturated rings. The van der Waals surface area contributed by atoms with Gasteiger partial charge in [-0.05, 0) is 54.4 Å². The summed E-state index contributed by atoms with van der Waals surface area (Å²) in [4.78, 5) is 11.7. The normalized spacial score (nSPS) is 11.9. The van der Waals surface area contributed by atoms with Crippen molar-refractivity contribution in [3.63, 3.8) is 0 Å². The summed E-state index contributed by atoms with van der Waals surface area (Å²) < 4.78 is 0.973. The quantitative estimate of drug-likeness (QED) is 0.871. The Kier molecular flexibility index (Phi) is 4.68. The topological polar surface area (TPSA) is 55.1 Å². The summed E-state index contributed by atoms with van der Waals surface area (Å²) in [5.74, 6) is -0.432. The number of benzene rings is 2. The number of nitrogens with two attached hydrogens (primary N) is 1. The summed E-state index contributed by atoms with van der Waals surface area (Å²) in [6.45, 7) is 1.90. The van der Waals surface area contributed by atoms with E-state index in [1.165, 1.54) is 0 Å². The van der Waals surface area contributed by atoms with Gasteiger partial charge in [0.1, 0.15) is 6.04 Å². The van der Waals surface area contributed by atoms with Crippen molar-refractivity contribution in [2.45, 2.75) is 13.0 Å². The number of amides is 1. The summed E-state index contributed by atoms with van der Waals surface area (Å²) in [6.07, 6.45) is 0. The van der Waals surface area contributed by atoms with E-state index in [1.54, 1.807) is 6.07 Å². The fourth-order valence-electron chi connectivity index (χ4n) is 1.98. The average Bonchev–Trinajstić information content (AvgIpc) is 2.39. The minimum atomic E-state index is -0.589. The second kappa shape index (κ2) is 6.29. The molecule has 3 nitrogen and oxygen atoms in total. The van der Waals surface area contributed by atoms with Gasteiger partial charge in [-0.15, -0.1) is 0 Å². The lowest BCUT2D eigenvalue weighted by Crippen LogP contribution is -2.28. The van der Waals surface area contributed by atoms with Crippen LogP contribution in [0.5, 0.6) is 0 Å². The van der Waals surface area contributed by atoms with Crippen LogP contribution in [0.4, 0.5) is 5.69 Å². The fraction of sp³-hybridized carbons (Fsp3) is 0.133. The first kappa shape index (κ1) is 14.9. The number of primary amides is 1. The first-order chi connectivity index (χ1) is 9.47. The SMILES string of the molecule is Cc1cc(Cl)ccc1C(Nc1ccc(Br)cc1)C(N)=O. The van der Waals surface area contributed by atoms with Crippen molar-refractivity contribution < 1.29 is 4.79 Å². The van der Waals surface area contributed by atoms with E-state index in [2.05, 4.69) is 21.2 Å². The van der Waals surface area contributed by atoms with Crippen molar-refractivity contribution in [1.82, 2.24) is 0 Å². The van der Waals surface area contributed by atoms with Crippen molar-refractivity contribution in [3.8, 4) is 0 Å². The lowest BCUT2D eigenvalue weighted by atomic mass is 10.0. The minimum Gasteiger partial charge on any atom is -0.370 e. The lowest BCUT2D eigenvalue weighted by molar-refractivity contribution is -0.118. The Bertz CT molecular complexity index is 628. The largest absolute Gasteiger partial charge is 0.370 e. The van der Waals surface area contributed by atoms with Gasteiger partial charge in [-0.3, -0.25) is 4.79 Å². The van der Waals surface area contributed by atoms with Crippen LogP contribution < -0.4 is 11.1 Å². The summed E-state index contributed by atoms with van der Waals surface area (Å²) in [6, 6.07) is 12.4. The zero-order valence-electron chi connectivity index (χ0n) is 10.9. The number of carbonyl (C=O) groups is 1. The van der Waals surface area contributed by atoms with Crippen LogP contribution in [0.25, 0.3) is 0 Å². The molecule has 0 heterocycles. The molecular weight excluding hydrogens is 340 g/mol. The van der Waals surface area contributed by atoms with E-state index in [-0.39, 0.29) is 0 Å². The number of rotatable bonds is 4. The predicted molar refractivity (Wildman–Crippen MR) is 85.9 cm³/mol. The molecule has 2 aromatic carbocycles. The van der Waals surface area contributed by atoms with E-state index in [0.717, 1.165) is 21.3 Å². The molecule has 0 aliphatic carbocycles. The van der Waals surface area contributed by atoms with Crippen molar-refractivity contribution in [3.05, 3.63) is 63.1 Å². The number of aryl methyl sites for hydroxylation is 1.